The Morgan fingerprint density at radius 1 is 1.11 bits per heavy atom. The molecule has 1 aromatic heterocycles. The number of halogens is 1. The predicted octanol–water partition coefficient (Wildman–Crippen LogP) is 4.04. The number of carbonyl (C=O) groups is 2. The van der Waals surface area contributed by atoms with Gasteiger partial charge in [-0.1, -0.05) is 37.3 Å². The Kier molecular flexibility index (Phi) is 5.45. The summed E-state index contributed by atoms with van der Waals surface area (Å²) in [7, 11) is 0. The molecule has 3 aromatic rings. The van der Waals surface area contributed by atoms with E-state index in [0.29, 0.717) is 22.9 Å². The van der Waals surface area contributed by atoms with Gasteiger partial charge in [-0.3, -0.25) is 9.78 Å². The normalized spacial score (nSPS) is 10.6. The van der Waals surface area contributed by atoms with Crippen LogP contribution in [-0.4, -0.2) is 23.5 Å². The topological polar surface area (TPSA) is 68.3 Å². The van der Waals surface area contributed by atoms with Gasteiger partial charge in [0.25, 0.3) is 5.91 Å². The van der Waals surface area contributed by atoms with Crippen molar-refractivity contribution in [3.8, 4) is 0 Å². The van der Waals surface area contributed by atoms with E-state index in [1.54, 1.807) is 12.1 Å². The lowest BCUT2D eigenvalue weighted by Crippen LogP contribution is -2.22. The van der Waals surface area contributed by atoms with Crippen LogP contribution in [0.2, 0.25) is 0 Å². The number of hydrogen-bond acceptors (Lipinski definition) is 4. The number of aryl methyl sites for hydroxylation is 1. The number of aromatic nitrogens is 1. The summed E-state index contributed by atoms with van der Waals surface area (Å²) in [6.07, 6.45) is 0.671. The Morgan fingerprint density at radius 3 is 2.56 bits per heavy atom. The van der Waals surface area contributed by atoms with Crippen LogP contribution in [0.15, 0.2) is 48.5 Å². The van der Waals surface area contributed by atoms with E-state index in [9.17, 15) is 14.0 Å². The summed E-state index contributed by atoms with van der Waals surface area (Å²) in [6, 6.07) is 13.1. The van der Waals surface area contributed by atoms with Gasteiger partial charge in [-0.25, -0.2) is 9.18 Å². The maximum absolute atomic E-state index is 13.6. The fourth-order valence-electron chi connectivity index (χ4n) is 2.92. The second-order valence-electron chi connectivity index (χ2n) is 6.03. The average Bonchev–Trinajstić information content (AvgIpc) is 2.67. The number of benzene rings is 2. The van der Waals surface area contributed by atoms with E-state index in [0.717, 1.165) is 11.3 Å². The second-order valence-corrected chi connectivity index (χ2v) is 6.03. The van der Waals surface area contributed by atoms with E-state index >= 15 is 0 Å². The first-order chi connectivity index (χ1) is 13.0. The zero-order valence-corrected chi connectivity index (χ0v) is 15.1. The number of pyridine rings is 1. The molecule has 0 aliphatic carbocycles. The van der Waals surface area contributed by atoms with Crippen LogP contribution in [0.25, 0.3) is 10.9 Å². The Balaban J connectivity index is 1.79. The van der Waals surface area contributed by atoms with Crippen LogP contribution in [0.5, 0.6) is 0 Å². The summed E-state index contributed by atoms with van der Waals surface area (Å²) in [4.78, 5) is 29.2. The Morgan fingerprint density at radius 2 is 1.81 bits per heavy atom. The molecule has 0 fully saturated rings. The van der Waals surface area contributed by atoms with E-state index in [1.807, 2.05) is 32.0 Å². The number of hydrogen-bond donors (Lipinski definition) is 1. The lowest BCUT2D eigenvalue weighted by molar-refractivity contribution is -0.119. The Bertz CT molecular complexity index is 1020. The predicted molar refractivity (Wildman–Crippen MR) is 101 cm³/mol. The first kappa shape index (κ1) is 18.5. The van der Waals surface area contributed by atoms with Crippen LogP contribution >= 0.6 is 0 Å². The minimum absolute atomic E-state index is 0.0392. The Labute approximate surface area is 156 Å². The van der Waals surface area contributed by atoms with Gasteiger partial charge < -0.3 is 10.1 Å². The van der Waals surface area contributed by atoms with Crippen molar-refractivity contribution in [3.05, 3.63) is 71.2 Å². The van der Waals surface area contributed by atoms with Crippen LogP contribution in [0.3, 0.4) is 0 Å². The fourth-order valence-corrected chi connectivity index (χ4v) is 2.92. The summed E-state index contributed by atoms with van der Waals surface area (Å²) < 4.78 is 18.8. The molecule has 3 rings (SSSR count). The van der Waals surface area contributed by atoms with Gasteiger partial charge in [0.15, 0.2) is 6.61 Å². The molecule has 0 saturated carbocycles. The highest BCUT2D eigenvalue weighted by atomic mass is 19.1. The SMILES string of the molecule is CCc1nc2ccccc2c(C(=O)OCC(=O)Nc2ccccc2F)c1C. The maximum Gasteiger partial charge on any atom is 0.339 e. The number of nitrogens with zero attached hydrogens (tertiary/aromatic N) is 1. The van der Waals surface area contributed by atoms with Crippen molar-refractivity contribution in [1.82, 2.24) is 4.98 Å². The van der Waals surface area contributed by atoms with Crippen molar-refractivity contribution in [2.45, 2.75) is 20.3 Å². The minimum atomic E-state index is -0.611. The molecule has 1 N–H and O–H groups in total. The van der Waals surface area contributed by atoms with Crippen LogP contribution < -0.4 is 5.32 Å². The number of carbonyl (C=O) groups excluding carboxylic acids is 2. The monoisotopic (exact) mass is 366 g/mol. The van der Waals surface area contributed by atoms with Crippen LogP contribution in [0.1, 0.15) is 28.5 Å². The van der Waals surface area contributed by atoms with Gasteiger partial charge in [0.05, 0.1) is 16.8 Å². The van der Waals surface area contributed by atoms with Crippen molar-refractivity contribution in [2.75, 3.05) is 11.9 Å². The Hall–Kier alpha value is -3.28. The molecule has 0 atom stereocenters. The van der Waals surface area contributed by atoms with Gasteiger partial charge in [0, 0.05) is 11.1 Å². The molecule has 6 heteroatoms. The standard InChI is InChI=1S/C21H19FN2O3/c1-3-16-13(2)20(14-8-4-6-10-17(14)23-16)21(26)27-12-19(25)24-18-11-7-5-9-15(18)22/h4-11H,3,12H2,1-2H3,(H,24,25). The third kappa shape index (κ3) is 3.95. The molecule has 5 nitrogen and oxygen atoms in total. The molecule has 0 unspecified atom stereocenters. The van der Waals surface area contributed by atoms with Crippen molar-refractivity contribution in [1.29, 1.82) is 0 Å². The van der Waals surface area contributed by atoms with E-state index in [2.05, 4.69) is 10.3 Å². The number of nitrogens with one attached hydrogen (secondary N) is 1. The molecule has 0 radical (unpaired) electrons. The number of ether oxygens (including phenoxy) is 1. The molecule has 27 heavy (non-hydrogen) atoms. The van der Waals surface area contributed by atoms with Crippen molar-refractivity contribution in [2.24, 2.45) is 0 Å². The molecule has 0 bridgehead atoms. The fraction of sp³-hybridized carbons (Fsp3) is 0.190. The molecule has 0 aliphatic rings. The van der Waals surface area contributed by atoms with E-state index < -0.39 is 24.3 Å². The smallest absolute Gasteiger partial charge is 0.339 e. The zero-order chi connectivity index (χ0) is 19.4. The van der Waals surface area contributed by atoms with E-state index in [4.69, 9.17) is 4.74 Å². The number of anilines is 1. The molecule has 138 valence electrons. The van der Waals surface area contributed by atoms with Crippen LogP contribution in [0, 0.1) is 12.7 Å². The van der Waals surface area contributed by atoms with Crippen molar-refractivity contribution >= 4 is 28.5 Å². The van der Waals surface area contributed by atoms with Gasteiger partial charge in [0.2, 0.25) is 0 Å². The number of rotatable bonds is 5. The lowest BCUT2D eigenvalue weighted by Gasteiger charge is -2.13. The average molecular weight is 366 g/mol. The quantitative estimate of drug-likeness (QED) is 0.692. The molecular weight excluding hydrogens is 347 g/mol. The van der Waals surface area contributed by atoms with Crippen LogP contribution in [0.4, 0.5) is 10.1 Å². The maximum atomic E-state index is 13.6. The number of amides is 1. The van der Waals surface area contributed by atoms with Gasteiger partial charge in [0.1, 0.15) is 5.82 Å². The van der Waals surface area contributed by atoms with Crippen molar-refractivity contribution in [3.63, 3.8) is 0 Å². The van der Waals surface area contributed by atoms with Crippen molar-refractivity contribution < 1.29 is 18.7 Å². The van der Waals surface area contributed by atoms with Gasteiger partial charge in [-0.15, -0.1) is 0 Å². The summed E-state index contributed by atoms with van der Waals surface area (Å²) >= 11 is 0. The largest absolute Gasteiger partial charge is 0.452 e. The highest BCUT2D eigenvalue weighted by Gasteiger charge is 2.19. The van der Waals surface area contributed by atoms with Crippen LogP contribution in [-0.2, 0) is 16.0 Å². The summed E-state index contributed by atoms with van der Waals surface area (Å²) in [5, 5.41) is 3.06. The number of fused-ring (bicyclic) bond motifs is 1. The third-order valence-electron chi connectivity index (χ3n) is 4.26. The second kappa shape index (κ2) is 7.95. The molecule has 1 amide bonds. The molecule has 0 spiro atoms. The molecular formula is C21H19FN2O3. The number of esters is 1. The van der Waals surface area contributed by atoms with E-state index in [-0.39, 0.29) is 5.69 Å². The first-order valence-corrected chi connectivity index (χ1v) is 8.61. The van der Waals surface area contributed by atoms with E-state index in [1.165, 1.54) is 18.2 Å². The molecule has 0 aliphatic heterocycles. The summed E-state index contributed by atoms with van der Waals surface area (Å²) in [6.45, 7) is 3.26. The van der Waals surface area contributed by atoms with Gasteiger partial charge >= 0.3 is 5.97 Å². The summed E-state index contributed by atoms with van der Waals surface area (Å²) in [5.74, 6) is -1.77. The minimum Gasteiger partial charge on any atom is -0.452 e. The highest BCUT2D eigenvalue weighted by molar-refractivity contribution is 6.05. The molecule has 2 aromatic carbocycles. The summed E-state index contributed by atoms with van der Waals surface area (Å²) in [5.41, 5.74) is 2.67. The molecule has 0 saturated heterocycles. The zero-order valence-electron chi connectivity index (χ0n) is 15.1. The lowest BCUT2D eigenvalue weighted by atomic mass is 10.0. The first-order valence-electron chi connectivity index (χ1n) is 8.61. The number of para-hydroxylation sites is 2. The van der Waals surface area contributed by atoms with Gasteiger partial charge in [-0.05, 0) is 37.1 Å². The third-order valence-corrected chi connectivity index (χ3v) is 4.26. The molecule has 1 heterocycles. The highest BCUT2D eigenvalue weighted by Crippen LogP contribution is 2.24. The van der Waals surface area contributed by atoms with Gasteiger partial charge in [-0.2, -0.15) is 0 Å².